The van der Waals surface area contributed by atoms with Gasteiger partial charge in [0.25, 0.3) is 5.91 Å². The summed E-state index contributed by atoms with van der Waals surface area (Å²) in [6.45, 7) is 0. The van der Waals surface area contributed by atoms with Crippen LogP contribution in [0, 0.1) is 11.7 Å². The van der Waals surface area contributed by atoms with E-state index >= 15 is 0 Å². The third kappa shape index (κ3) is 2.61. The van der Waals surface area contributed by atoms with Gasteiger partial charge < -0.3 is 14.3 Å². The number of imide groups is 1. The Labute approximate surface area is 153 Å². The molecule has 27 heavy (non-hydrogen) atoms. The van der Waals surface area contributed by atoms with Crippen LogP contribution in [0.3, 0.4) is 0 Å². The van der Waals surface area contributed by atoms with Crippen molar-refractivity contribution in [3.05, 3.63) is 53.8 Å². The van der Waals surface area contributed by atoms with E-state index in [1.54, 1.807) is 18.2 Å². The molecule has 0 radical (unpaired) electrons. The van der Waals surface area contributed by atoms with Crippen LogP contribution in [-0.4, -0.2) is 37.8 Å². The Balaban J connectivity index is 1.73. The lowest BCUT2D eigenvalue weighted by Crippen LogP contribution is -2.33. The molecule has 0 bridgehead atoms. The van der Waals surface area contributed by atoms with Crippen molar-refractivity contribution in [1.29, 1.82) is 0 Å². The van der Waals surface area contributed by atoms with Gasteiger partial charge in [0.1, 0.15) is 28.9 Å². The van der Waals surface area contributed by atoms with Crippen molar-refractivity contribution in [1.82, 2.24) is 0 Å². The first-order valence-corrected chi connectivity index (χ1v) is 8.14. The van der Waals surface area contributed by atoms with E-state index < -0.39 is 29.7 Å². The Morgan fingerprint density at radius 1 is 1.04 bits per heavy atom. The van der Waals surface area contributed by atoms with Crippen molar-refractivity contribution in [2.75, 3.05) is 19.1 Å². The number of hydrogen-bond acceptors (Lipinski definition) is 6. The SMILES string of the molecule is COc1ccc(OC)c(C2=NO[C@H]3C(=O)N(c4ccc(F)cc4)C(=O)[C@@H]23)c1. The molecule has 0 unspecified atom stereocenters. The summed E-state index contributed by atoms with van der Waals surface area (Å²) < 4.78 is 23.8. The van der Waals surface area contributed by atoms with Gasteiger partial charge in [-0.25, -0.2) is 9.29 Å². The summed E-state index contributed by atoms with van der Waals surface area (Å²) in [4.78, 5) is 32.0. The van der Waals surface area contributed by atoms with E-state index in [-0.39, 0.29) is 5.69 Å². The molecule has 8 heteroatoms. The molecule has 138 valence electrons. The highest BCUT2D eigenvalue weighted by molar-refractivity contribution is 6.32. The number of carbonyl (C=O) groups is 2. The Morgan fingerprint density at radius 2 is 1.78 bits per heavy atom. The highest BCUT2D eigenvalue weighted by Crippen LogP contribution is 2.38. The molecule has 2 aliphatic rings. The van der Waals surface area contributed by atoms with Crippen LogP contribution in [0.15, 0.2) is 47.6 Å². The van der Waals surface area contributed by atoms with Gasteiger partial charge >= 0.3 is 0 Å². The Morgan fingerprint density at radius 3 is 2.44 bits per heavy atom. The minimum Gasteiger partial charge on any atom is -0.497 e. The van der Waals surface area contributed by atoms with E-state index in [0.717, 1.165) is 4.90 Å². The lowest BCUT2D eigenvalue weighted by molar-refractivity contribution is -0.126. The highest BCUT2D eigenvalue weighted by Gasteiger charge is 2.56. The van der Waals surface area contributed by atoms with Gasteiger partial charge in [0.2, 0.25) is 12.0 Å². The molecule has 0 aromatic heterocycles. The van der Waals surface area contributed by atoms with Gasteiger partial charge in [0, 0.05) is 5.56 Å². The second-order valence-corrected chi connectivity index (χ2v) is 6.03. The van der Waals surface area contributed by atoms with E-state index in [2.05, 4.69) is 5.16 Å². The third-order valence-electron chi connectivity index (χ3n) is 4.58. The van der Waals surface area contributed by atoms with Crippen molar-refractivity contribution >= 4 is 23.2 Å². The zero-order chi connectivity index (χ0) is 19.1. The quantitative estimate of drug-likeness (QED) is 0.771. The van der Waals surface area contributed by atoms with Gasteiger partial charge in [-0.05, 0) is 42.5 Å². The number of fused-ring (bicyclic) bond motifs is 1. The molecule has 2 aromatic carbocycles. The molecule has 2 aromatic rings. The number of carbonyl (C=O) groups excluding carboxylic acids is 2. The molecule has 2 atom stereocenters. The lowest BCUT2D eigenvalue weighted by atomic mass is 9.93. The molecule has 0 spiro atoms. The molecule has 2 amide bonds. The van der Waals surface area contributed by atoms with Crippen LogP contribution < -0.4 is 14.4 Å². The minimum absolute atomic E-state index is 0.279. The number of nitrogens with zero attached hydrogens (tertiary/aromatic N) is 2. The van der Waals surface area contributed by atoms with Crippen LogP contribution in [0.5, 0.6) is 11.5 Å². The third-order valence-corrected chi connectivity index (χ3v) is 4.58. The first kappa shape index (κ1) is 17.0. The van der Waals surface area contributed by atoms with Gasteiger partial charge in [-0.1, -0.05) is 5.16 Å². The lowest BCUT2D eigenvalue weighted by Gasteiger charge is -2.16. The van der Waals surface area contributed by atoms with Crippen LogP contribution in [0.2, 0.25) is 0 Å². The molecule has 0 N–H and O–H groups in total. The predicted octanol–water partition coefficient (Wildman–Crippen LogP) is 2.14. The summed E-state index contributed by atoms with van der Waals surface area (Å²) in [5, 5.41) is 3.97. The molecule has 4 rings (SSSR count). The topological polar surface area (TPSA) is 77.4 Å². The molecule has 1 saturated heterocycles. The summed E-state index contributed by atoms with van der Waals surface area (Å²) in [6.07, 6.45) is -1.06. The average Bonchev–Trinajstić information content (AvgIpc) is 3.22. The summed E-state index contributed by atoms with van der Waals surface area (Å²) in [5.41, 5.74) is 1.08. The van der Waals surface area contributed by atoms with Gasteiger partial charge in [-0.2, -0.15) is 0 Å². The van der Waals surface area contributed by atoms with E-state index in [1.165, 1.54) is 38.5 Å². The van der Waals surface area contributed by atoms with Crippen LogP contribution in [0.4, 0.5) is 10.1 Å². The fourth-order valence-corrected chi connectivity index (χ4v) is 3.26. The van der Waals surface area contributed by atoms with Crippen LogP contribution in [-0.2, 0) is 14.4 Å². The number of ether oxygens (including phenoxy) is 2. The number of hydrogen-bond donors (Lipinski definition) is 0. The maximum atomic E-state index is 13.2. The minimum atomic E-state index is -1.06. The standard InChI is InChI=1S/C19H15FN2O5/c1-25-12-7-8-14(26-2)13(9-12)16-15-17(27-21-16)19(24)22(18(15)23)11-5-3-10(20)4-6-11/h3-9,15,17H,1-2H3/t15-,17+/m0/s1. The monoisotopic (exact) mass is 370 g/mol. The first-order chi connectivity index (χ1) is 13.0. The maximum Gasteiger partial charge on any atom is 0.278 e. The average molecular weight is 370 g/mol. The number of rotatable bonds is 4. The summed E-state index contributed by atoms with van der Waals surface area (Å²) in [6, 6.07) is 10.2. The maximum absolute atomic E-state index is 13.2. The van der Waals surface area contributed by atoms with Gasteiger partial charge in [0.15, 0.2) is 0 Å². The fraction of sp³-hybridized carbons (Fsp3) is 0.211. The molecule has 7 nitrogen and oxygen atoms in total. The first-order valence-electron chi connectivity index (χ1n) is 8.14. The van der Waals surface area contributed by atoms with Crippen LogP contribution in [0.25, 0.3) is 0 Å². The number of methoxy groups -OCH3 is 2. The van der Waals surface area contributed by atoms with E-state index in [4.69, 9.17) is 14.3 Å². The van der Waals surface area contributed by atoms with E-state index in [0.29, 0.717) is 22.8 Å². The molecule has 2 aliphatic heterocycles. The summed E-state index contributed by atoms with van der Waals surface area (Å²) >= 11 is 0. The largest absolute Gasteiger partial charge is 0.497 e. The normalized spacial score (nSPS) is 21.0. The number of benzene rings is 2. The van der Waals surface area contributed by atoms with Crippen molar-refractivity contribution < 1.29 is 28.3 Å². The smallest absolute Gasteiger partial charge is 0.278 e. The fourth-order valence-electron chi connectivity index (χ4n) is 3.26. The Hall–Kier alpha value is -3.42. The summed E-state index contributed by atoms with van der Waals surface area (Å²) in [5.74, 6) is -1.39. The highest BCUT2D eigenvalue weighted by atomic mass is 19.1. The molecule has 0 saturated carbocycles. The number of anilines is 1. The van der Waals surface area contributed by atoms with Gasteiger partial charge in [0.05, 0.1) is 19.9 Å². The van der Waals surface area contributed by atoms with Crippen molar-refractivity contribution in [3.63, 3.8) is 0 Å². The van der Waals surface area contributed by atoms with Crippen LogP contribution in [0.1, 0.15) is 5.56 Å². The van der Waals surface area contributed by atoms with Gasteiger partial charge in [-0.15, -0.1) is 0 Å². The van der Waals surface area contributed by atoms with E-state index in [9.17, 15) is 14.0 Å². The molecular formula is C19H15FN2O5. The van der Waals surface area contributed by atoms with Crippen molar-refractivity contribution in [2.24, 2.45) is 11.1 Å². The van der Waals surface area contributed by atoms with Crippen molar-refractivity contribution in [2.45, 2.75) is 6.10 Å². The number of halogens is 1. The summed E-state index contributed by atoms with van der Waals surface area (Å²) in [7, 11) is 3.01. The number of amides is 2. The predicted molar refractivity (Wildman–Crippen MR) is 93.3 cm³/mol. The molecular weight excluding hydrogens is 355 g/mol. The second kappa shape index (κ2) is 6.39. The van der Waals surface area contributed by atoms with Crippen LogP contribution >= 0.6 is 0 Å². The zero-order valence-corrected chi connectivity index (χ0v) is 14.5. The molecule has 0 aliphatic carbocycles. The molecule has 1 fully saturated rings. The Bertz CT molecular complexity index is 957. The zero-order valence-electron chi connectivity index (χ0n) is 14.5. The second-order valence-electron chi connectivity index (χ2n) is 6.03. The van der Waals surface area contributed by atoms with Crippen molar-refractivity contribution in [3.8, 4) is 11.5 Å². The van der Waals surface area contributed by atoms with E-state index in [1.807, 2.05) is 0 Å². The molecule has 2 heterocycles. The Kier molecular flexibility index (Phi) is 4.02. The van der Waals surface area contributed by atoms with Gasteiger partial charge in [-0.3, -0.25) is 9.59 Å². The number of oxime groups is 1.